The van der Waals surface area contributed by atoms with E-state index in [1.165, 1.54) is 5.56 Å². The summed E-state index contributed by atoms with van der Waals surface area (Å²) in [7, 11) is 0. The predicted octanol–water partition coefficient (Wildman–Crippen LogP) is 4.03. The molecule has 0 radical (unpaired) electrons. The highest BCUT2D eigenvalue weighted by atomic mass is 35.5. The predicted molar refractivity (Wildman–Crippen MR) is 101 cm³/mol. The SMILES string of the molecule is O=C(NCC1CCN(Cc2cccnc2)CC1)c1cc(Cl)ccc1Cl. The van der Waals surface area contributed by atoms with Gasteiger partial charge in [0, 0.05) is 30.5 Å². The summed E-state index contributed by atoms with van der Waals surface area (Å²) in [6.07, 6.45) is 5.86. The highest BCUT2D eigenvalue weighted by Crippen LogP contribution is 2.21. The number of benzene rings is 1. The monoisotopic (exact) mass is 377 g/mol. The Bertz CT molecular complexity index is 716. The first-order valence-corrected chi connectivity index (χ1v) is 9.22. The normalized spacial score (nSPS) is 15.9. The zero-order chi connectivity index (χ0) is 17.6. The van der Waals surface area contributed by atoms with Crippen molar-refractivity contribution < 1.29 is 4.79 Å². The zero-order valence-corrected chi connectivity index (χ0v) is 15.4. The number of likely N-dealkylation sites (tertiary alicyclic amines) is 1. The largest absolute Gasteiger partial charge is 0.352 e. The van der Waals surface area contributed by atoms with Crippen LogP contribution in [0.2, 0.25) is 10.0 Å². The smallest absolute Gasteiger partial charge is 0.252 e. The Balaban J connectivity index is 1.45. The lowest BCUT2D eigenvalue weighted by atomic mass is 9.96. The molecule has 0 saturated carbocycles. The zero-order valence-electron chi connectivity index (χ0n) is 13.9. The number of hydrogen-bond acceptors (Lipinski definition) is 3. The van der Waals surface area contributed by atoms with Crippen LogP contribution in [-0.4, -0.2) is 35.4 Å². The minimum Gasteiger partial charge on any atom is -0.352 e. The molecule has 0 bridgehead atoms. The van der Waals surface area contributed by atoms with E-state index in [2.05, 4.69) is 21.3 Å². The Morgan fingerprint density at radius 1 is 1.24 bits per heavy atom. The Morgan fingerprint density at radius 2 is 2.04 bits per heavy atom. The van der Waals surface area contributed by atoms with Crippen molar-refractivity contribution in [1.82, 2.24) is 15.2 Å². The van der Waals surface area contributed by atoms with E-state index < -0.39 is 0 Å². The van der Waals surface area contributed by atoms with Gasteiger partial charge in [0.15, 0.2) is 0 Å². The first kappa shape index (κ1) is 18.2. The molecule has 0 atom stereocenters. The van der Waals surface area contributed by atoms with Crippen LogP contribution in [0, 0.1) is 5.92 Å². The third-order valence-electron chi connectivity index (χ3n) is 4.56. The van der Waals surface area contributed by atoms with E-state index in [1.54, 1.807) is 24.4 Å². The average molecular weight is 378 g/mol. The molecule has 2 heterocycles. The molecule has 1 aliphatic rings. The lowest BCUT2D eigenvalue weighted by Gasteiger charge is -2.32. The maximum atomic E-state index is 12.3. The van der Waals surface area contributed by atoms with Crippen LogP contribution >= 0.6 is 23.2 Å². The lowest BCUT2D eigenvalue weighted by Crippen LogP contribution is -2.38. The van der Waals surface area contributed by atoms with Gasteiger partial charge in [0.1, 0.15) is 0 Å². The molecular formula is C19H21Cl2N3O. The molecule has 1 amide bonds. The van der Waals surface area contributed by atoms with E-state index in [0.717, 1.165) is 32.5 Å². The number of carbonyl (C=O) groups excluding carboxylic acids is 1. The molecular weight excluding hydrogens is 357 g/mol. The number of nitrogens with one attached hydrogen (secondary N) is 1. The van der Waals surface area contributed by atoms with Gasteiger partial charge in [-0.25, -0.2) is 0 Å². The van der Waals surface area contributed by atoms with Crippen molar-refractivity contribution in [3.8, 4) is 0 Å². The standard InChI is InChI=1S/C19H21Cl2N3O/c20-16-3-4-18(21)17(10-16)19(25)23-12-14-5-8-24(9-6-14)13-15-2-1-7-22-11-15/h1-4,7,10-11,14H,5-6,8-9,12-13H2,(H,23,25). The fraction of sp³-hybridized carbons (Fsp3) is 0.368. The summed E-state index contributed by atoms with van der Waals surface area (Å²) < 4.78 is 0. The van der Waals surface area contributed by atoms with Crippen molar-refractivity contribution >= 4 is 29.1 Å². The van der Waals surface area contributed by atoms with E-state index in [9.17, 15) is 4.79 Å². The third kappa shape index (κ3) is 5.18. The molecule has 0 unspecified atom stereocenters. The van der Waals surface area contributed by atoms with E-state index in [-0.39, 0.29) is 5.91 Å². The van der Waals surface area contributed by atoms with Gasteiger partial charge in [-0.05, 0) is 61.7 Å². The number of carbonyl (C=O) groups is 1. The number of halogens is 2. The molecule has 3 rings (SSSR count). The molecule has 2 aromatic rings. The minimum atomic E-state index is -0.162. The van der Waals surface area contributed by atoms with Gasteiger partial charge in [-0.2, -0.15) is 0 Å². The highest BCUT2D eigenvalue weighted by molar-refractivity contribution is 6.35. The van der Waals surface area contributed by atoms with Crippen LogP contribution in [0.5, 0.6) is 0 Å². The second-order valence-electron chi connectivity index (χ2n) is 6.41. The molecule has 0 spiro atoms. The Kier molecular flexibility index (Phi) is 6.29. The maximum absolute atomic E-state index is 12.3. The van der Waals surface area contributed by atoms with Crippen molar-refractivity contribution in [3.63, 3.8) is 0 Å². The fourth-order valence-electron chi connectivity index (χ4n) is 3.10. The maximum Gasteiger partial charge on any atom is 0.252 e. The van der Waals surface area contributed by atoms with Crippen LogP contribution < -0.4 is 5.32 Å². The topological polar surface area (TPSA) is 45.2 Å². The van der Waals surface area contributed by atoms with Gasteiger partial charge < -0.3 is 5.32 Å². The first-order valence-electron chi connectivity index (χ1n) is 8.46. The van der Waals surface area contributed by atoms with Crippen LogP contribution in [0.3, 0.4) is 0 Å². The molecule has 1 aromatic heterocycles. The van der Waals surface area contributed by atoms with Gasteiger partial charge >= 0.3 is 0 Å². The van der Waals surface area contributed by atoms with Crippen molar-refractivity contribution in [2.24, 2.45) is 5.92 Å². The van der Waals surface area contributed by atoms with Crippen molar-refractivity contribution in [1.29, 1.82) is 0 Å². The summed E-state index contributed by atoms with van der Waals surface area (Å²) >= 11 is 12.0. The number of aromatic nitrogens is 1. The second-order valence-corrected chi connectivity index (χ2v) is 7.26. The van der Waals surface area contributed by atoms with E-state index in [4.69, 9.17) is 23.2 Å². The number of piperidine rings is 1. The number of pyridine rings is 1. The van der Waals surface area contributed by atoms with E-state index >= 15 is 0 Å². The Labute approximate surface area is 158 Å². The van der Waals surface area contributed by atoms with Crippen molar-refractivity contribution in [2.75, 3.05) is 19.6 Å². The minimum absolute atomic E-state index is 0.162. The molecule has 1 fully saturated rings. The number of rotatable bonds is 5. The molecule has 1 saturated heterocycles. The number of hydrogen-bond donors (Lipinski definition) is 1. The molecule has 6 heteroatoms. The van der Waals surface area contributed by atoms with Gasteiger partial charge in [-0.1, -0.05) is 29.3 Å². The molecule has 4 nitrogen and oxygen atoms in total. The lowest BCUT2D eigenvalue weighted by molar-refractivity contribution is 0.0935. The molecule has 25 heavy (non-hydrogen) atoms. The fourth-order valence-corrected chi connectivity index (χ4v) is 3.48. The van der Waals surface area contributed by atoms with Crippen LogP contribution in [0.1, 0.15) is 28.8 Å². The second kappa shape index (κ2) is 8.65. The summed E-state index contributed by atoms with van der Waals surface area (Å²) in [6, 6.07) is 9.01. The third-order valence-corrected chi connectivity index (χ3v) is 5.13. The summed E-state index contributed by atoms with van der Waals surface area (Å²) in [5.74, 6) is 0.331. The highest BCUT2D eigenvalue weighted by Gasteiger charge is 2.20. The van der Waals surface area contributed by atoms with Crippen LogP contribution in [0.25, 0.3) is 0 Å². The summed E-state index contributed by atoms with van der Waals surface area (Å²) in [4.78, 5) is 18.9. The summed E-state index contributed by atoms with van der Waals surface area (Å²) in [5.41, 5.74) is 1.67. The van der Waals surface area contributed by atoms with Gasteiger partial charge in [0.25, 0.3) is 5.91 Å². The van der Waals surface area contributed by atoms with Crippen LogP contribution in [0.15, 0.2) is 42.7 Å². The van der Waals surface area contributed by atoms with Gasteiger partial charge in [-0.3, -0.25) is 14.7 Å². The summed E-state index contributed by atoms with van der Waals surface area (Å²) in [6.45, 7) is 3.67. The molecule has 0 aliphatic carbocycles. The van der Waals surface area contributed by atoms with E-state index in [1.807, 2.05) is 12.3 Å². The number of amides is 1. The van der Waals surface area contributed by atoms with Crippen molar-refractivity contribution in [2.45, 2.75) is 19.4 Å². The Morgan fingerprint density at radius 3 is 2.76 bits per heavy atom. The number of nitrogens with zero attached hydrogens (tertiary/aromatic N) is 2. The van der Waals surface area contributed by atoms with Gasteiger partial charge in [-0.15, -0.1) is 0 Å². The summed E-state index contributed by atoms with van der Waals surface area (Å²) in [5, 5.41) is 3.93. The van der Waals surface area contributed by atoms with Gasteiger partial charge in [0.05, 0.1) is 10.6 Å². The van der Waals surface area contributed by atoms with Gasteiger partial charge in [0.2, 0.25) is 0 Å². The molecule has 1 N–H and O–H groups in total. The Hall–Kier alpha value is -1.62. The molecule has 1 aliphatic heterocycles. The molecule has 132 valence electrons. The first-order chi connectivity index (χ1) is 12.1. The molecule has 1 aromatic carbocycles. The van der Waals surface area contributed by atoms with E-state index in [0.29, 0.717) is 28.1 Å². The quantitative estimate of drug-likeness (QED) is 0.855. The average Bonchev–Trinajstić information content (AvgIpc) is 2.64. The van der Waals surface area contributed by atoms with Crippen LogP contribution in [-0.2, 0) is 6.54 Å². The van der Waals surface area contributed by atoms with Crippen LogP contribution in [0.4, 0.5) is 0 Å². The van der Waals surface area contributed by atoms with Crippen molar-refractivity contribution in [3.05, 3.63) is 63.9 Å².